The molecule has 5 rings (SSSR count). The molecule has 4 aromatic rings. The molecule has 1 atom stereocenters. The van der Waals surface area contributed by atoms with Gasteiger partial charge in [-0.3, -0.25) is 0 Å². The van der Waals surface area contributed by atoms with Crippen LogP contribution in [0.4, 0.5) is 10.5 Å². The van der Waals surface area contributed by atoms with E-state index in [4.69, 9.17) is 9.47 Å². The standard InChI is InChI=1S/C29H29N3O3/c1-19-11-13-23(16-20(19)2)30-29(33)32-18-22-8-5-6-9-24(22)31-15-7-10-25(31)28(32)21-12-14-26(34-3)27(17-21)35-4/h5-17,28H,18H2,1-4H3,(H,30,33). The van der Waals surface area contributed by atoms with Crippen molar-refractivity contribution in [3.05, 3.63) is 107 Å². The first-order chi connectivity index (χ1) is 17.0. The summed E-state index contributed by atoms with van der Waals surface area (Å²) in [6.07, 6.45) is 2.05. The van der Waals surface area contributed by atoms with Crippen LogP contribution in [0.5, 0.6) is 11.5 Å². The van der Waals surface area contributed by atoms with E-state index < -0.39 is 0 Å². The van der Waals surface area contributed by atoms with Gasteiger partial charge in [0.05, 0.1) is 32.5 Å². The molecule has 0 saturated carbocycles. The maximum atomic E-state index is 13.9. The number of nitrogens with one attached hydrogen (secondary N) is 1. The molecule has 35 heavy (non-hydrogen) atoms. The quantitative estimate of drug-likeness (QED) is 0.386. The number of benzene rings is 3. The molecule has 3 aromatic carbocycles. The molecule has 0 bridgehead atoms. The number of rotatable bonds is 4. The van der Waals surface area contributed by atoms with E-state index >= 15 is 0 Å². The molecule has 0 spiro atoms. The highest BCUT2D eigenvalue weighted by Gasteiger charge is 2.33. The topological polar surface area (TPSA) is 55.7 Å². The Morgan fingerprint density at radius 2 is 1.69 bits per heavy atom. The number of carbonyl (C=O) groups is 1. The zero-order valence-corrected chi connectivity index (χ0v) is 20.4. The maximum Gasteiger partial charge on any atom is 0.322 e. The van der Waals surface area contributed by atoms with Crippen LogP contribution in [0.1, 0.15) is 34.0 Å². The lowest BCUT2D eigenvalue weighted by Gasteiger charge is -2.31. The first-order valence-corrected chi connectivity index (χ1v) is 11.6. The summed E-state index contributed by atoms with van der Waals surface area (Å²) in [4.78, 5) is 15.8. The highest BCUT2D eigenvalue weighted by molar-refractivity contribution is 5.90. The van der Waals surface area contributed by atoms with Crippen LogP contribution in [0.25, 0.3) is 5.69 Å². The summed E-state index contributed by atoms with van der Waals surface area (Å²) in [6, 6.07) is 23.6. The molecule has 0 radical (unpaired) electrons. The minimum atomic E-state index is -0.344. The number of hydrogen-bond acceptors (Lipinski definition) is 3. The number of hydrogen-bond donors (Lipinski definition) is 1. The fourth-order valence-corrected chi connectivity index (χ4v) is 4.73. The highest BCUT2D eigenvalue weighted by Crippen LogP contribution is 2.39. The van der Waals surface area contributed by atoms with Crippen LogP contribution in [0.15, 0.2) is 79.0 Å². The van der Waals surface area contributed by atoms with Gasteiger partial charge in [0.15, 0.2) is 11.5 Å². The molecule has 6 heteroatoms. The molecule has 0 saturated heterocycles. The Bertz CT molecular complexity index is 1390. The van der Waals surface area contributed by atoms with Crippen molar-refractivity contribution in [3.63, 3.8) is 0 Å². The monoisotopic (exact) mass is 467 g/mol. The zero-order valence-electron chi connectivity index (χ0n) is 20.4. The smallest absolute Gasteiger partial charge is 0.322 e. The van der Waals surface area contributed by atoms with Crippen molar-refractivity contribution in [1.82, 2.24) is 9.47 Å². The summed E-state index contributed by atoms with van der Waals surface area (Å²) >= 11 is 0. The predicted molar refractivity (Wildman–Crippen MR) is 138 cm³/mol. The van der Waals surface area contributed by atoms with Gasteiger partial charge < -0.3 is 24.3 Å². The number of anilines is 1. The SMILES string of the molecule is COc1ccc(C2c3cccn3-c3ccccc3CN2C(=O)Nc2ccc(C)c(C)c2)cc1OC. The van der Waals surface area contributed by atoms with Gasteiger partial charge in [0.2, 0.25) is 0 Å². The van der Waals surface area contributed by atoms with E-state index in [1.54, 1.807) is 14.2 Å². The van der Waals surface area contributed by atoms with Gasteiger partial charge in [-0.15, -0.1) is 0 Å². The predicted octanol–water partition coefficient (Wildman–Crippen LogP) is 6.25. The van der Waals surface area contributed by atoms with E-state index in [9.17, 15) is 4.79 Å². The fourth-order valence-electron chi connectivity index (χ4n) is 4.73. The molecule has 1 aliphatic rings. The van der Waals surface area contributed by atoms with Crippen molar-refractivity contribution in [2.75, 3.05) is 19.5 Å². The summed E-state index contributed by atoms with van der Waals surface area (Å²) in [5.41, 5.74) is 7.17. The molecular weight excluding hydrogens is 438 g/mol. The molecule has 0 fully saturated rings. The van der Waals surface area contributed by atoms with Gasteiger partial charge in [0.1, 0.15) is 0 Å². The highest BCUT2D eigenvalue weighted by atomic mass is 16.5. The first-order valence-electron chi connectivity index (χ1n) is 11.6. The van der Waals surface area contributed by atoms with Crippen LogP contribution in [0.2, 0.25) is 0 Å². The van der Waals surface area contributed by atoms with Gasteiger partial charge in [-0.05, 0) is 78.6 Å². The second-order valence-corrected chi connectivity index (χ2v) is 8.81. The third kappa shape index (κ3) is 4.12. The Morgan fingerprint density at radius 3 is 2.46 bits per heavy atom. The lowest BCUT2D eigenvalue weighted by molar-refractivity contribution is 0.194. The molecule has 178 valence electrons. The average molecular weight is 468 g/mol. The normalized spacial score (nSPS) is 14.5. The molecular formula is C29H29N3O3. The Morgan fingerprint density at radius 1 is 0.886 bits per heavy atom. The van der Waals surface area contributed by atoms with Crippen LogP contribution in [-0.2, 0) is 6.54 Å². The number of fused-ring (bicyclic) bond motifs is 3. The number of aromatic nitrogens is 1. The Labute approximate surface area is 205 Å². The van der Waals surface area contributed by atoms with E-state index in [-0.39, 0.29) is 12.1 Å². The Hall–Kier alpha value is -4.19. The molecule has 0 aliphatic carbocycles. The fraction of sp³-hybridized carbons (Fsp3) is 0.207. The van der Waals surface area contributed by atoms with Crippen LogP contribution in [0, 0.1) is 13.8 Å². The average Bonchev–Trinajstić information content (AvgIpc) is 3.30. The lowest BCUT2D eigenvalue weighted by atomic mass is 10.0. The Balaban J connectivity index is 1.64. The number of ether oxygens (including phenoxy) is 2. The van der Waals surface area contributed by atoms with Crippen molar-refractivity contribution in [1.29, 1.82) is 0 Å². The van der Waals surface area contributed by atoms with Crippen molar-refractivity contribution >= 4 is 11.7 Å². The summed E-state index contributed by atoms with van der Waals surface area (Å²) in [5, 5.41) is 3.13. The molecule has 1 aromatic heterocycles. The largest absolute Gasteiger partial charge is 0.493 e. The lowest BCUT2D eigenvalue weighted by Crippen LogP contribution is -2.38. The molecule has 1 unspecified atom stereocenters. The number of amides is 2. The molecule has 2 amide bonds. The third-order valence-electron chi connectivity index (χ3n) is 6.71. The molecule has 1 aliphatic heterocycles. The van der Waals surface area contributed by atoms with Crippen LogP contribution < -0.4 is 14.8 Å². The van der Waals surface area contributed by atoms with Gasteiger partial charge >= 0.3 is 6.03 Å². The van der Waals surface area contributed by atoms with E-state index in [0.717, 1.165) is 33.8 Å². The van der Waals surface area contributed by atoms with Gasteiger partial charge in [0.25, 0.3) is 0 Å². The van der Waals surface area contributed by atoms with Crippen molar-refractivity contribution in [2.24, 2.45) is 0 Å². The second-order valence-electron chi connectivity index (χ2n) is 8.81. The number of aryl methyl sites for hydroxylation is 2. The van der Waals surface area contributed by atoms with E-state index in [1.165, 1.54) is 5.56 Å². The minimum Gasteiger partial charge on any atom is -0.493 e. The van der Waals surface area contributed by atoms with Crippen LogP contribution >= 0.6 is 0 Å². The molecule has 1 N–H and O–H groups in total. The number of nitrogens with zero attached hydrogens (tertiary/aromatic N) is 2. The maximum absolute atomic E-state index is 13.9. The van der Waals surface area contributed by atoms with Gasteiger partial charge in [-0.25, -0.2) is 4.79 Å². The third-order valence-corrected chi connectivity index (χ3v) is 6.71. The van der Waals surface area contributed by atoms with Crippen molar-refractivity contribution in [2.45, 2.75) is 26.4 Å². The summed E-state index contributed by atoms with van der Waals surface area (Å²) in [7, 11) is 3.24. The summed E-state index contributed by atoms with van der Waals surface area (Å²) in [6.45, 7) is 4.56. The molecule has 2 heterocycles. The zero-order chi connectivity index (χ0) is 24.5. The number of urea groups is 1. The van der Waals surface area contributed by atoms with E-state index in [1.807, 2.05) is 72.6 Å². The summed E-state index contributed by atoms with van der Waals surface area (Å²) < 4.78 is 13.2. The number of para-hydroxylation sites is 1. The van der Waals surface area contributed by atoms with E-state index in [2.05, 4.69) is 35.0 Å². The molecule has 6 nitrogen and oxygen atoms in total. The number of carbonyl (C=O) groups excluding carboxylic acids is 1. The van der Waals surface area contributed by atoms with Gasteiger partial charge in [-0.2, -0.15) is 0 Å². The Kier molecular flexibility index (Phi) is 5.95. The van der Waals surface area contributed by atoms with Gasteiger partial charge in [-0.1, -0.05) is 30.3 Å². The van der Waals surface area contributed by atoms with E-state index in [0.29, 0.717) is 18.0 Å². The van der Waals surface area contributed by atoms with Gasteiger partial charge in [0, 0.05) is 17.6 Å². The summed E-state index contributed by atoms with van der Waals surface area (Å²) in [5.74, 6) is 1.27. The van der Waals surface area contributed by atoms with Crippen molar-refractivity contribution < 1.29 is 14.3 Å². The van der Waals surface area contributed by atoms with Crippen LogP contribution in [-0.4, -0.2) is 29.7 Å². The minimum absolute atomic E-state index is 0.169. The second kappa shape index (κ2) is 9.22. The van der Waals surface area contributed by atoms with Crippen molar-refractivity contribution in [3.8, 4) is 17.2 Å². The first kappa shape index (κ1) is 22.6. The van der Waals surface area contributed by atoms with Crippen LogP contribution in [0.3, 0.4) is 0 Å². The number of methoxy groups -OCH3 is 2.